The summed E-state index contributed by atoms with van der Waals surface area (Å²) in [5, 5.41) is 9.56. The Balaban J connectivity index is 1.73. The maximum atomic E-state index is 12.7. The Morgan fingerprint density at radius 2 is 1.81 bits per heavy atom. The molecule has 1 atom stereocenters. The number of halogens is 1. The first-order valence-corrected chi connectivity index (χ1v) is 9.84. The first-order chi connectivity index (χ1) is 13.0. The van der Waals surface area contributed by atoms with E-state index in [-0.39, 0.29) is 11.0 Å². The van der Waals surface area contributed by atoms with E-state index in [1.807, 2.05) is 61.9 Å². The molecule has 0 N–H and O–H groups in total. The maximum Gasteiger partial charge on any atom is 0.191 e. The van der Waals surface area contributed by atoms with Crippen LogP contribution in [0.25, 0.3) is 11.4 Å². The van der Waals surface area contributed by atoms with E-state index in [9.17, 15) is 4.79 Å². The molecule has 3 aromatic rings. The van der Waals surface area contributed by atoms with Crippen molar-refractivity contribution in [1.29, 1.82) is 0 Å². The SMILES string of the molecule is CCOc1ccc(C(=O)[C@@H](C)Sc2nnc(-c3ccc(Cl)cc3)n2C)cc1. The van der Waals surface area contributed by atoms with E-state index in [0.29, 0.717) is 22.3 Å². The molecule has 0 saturated carbocycles. The molecule has 27 heavy (non-hydrogen) atoms. The highest BCUT2D eigenvalue weighted by Crippen LogP contribution is 2.28. The zero-order valence-corrected chi connectivity index (χ0v) is 16.9. The molecule has 0 spiro atoms. The van der Waals surface area contributed by atoms with Crippen molar-refractivity contribution in [3.05, 3.63) is 59.1 Å². The van der Waals surface area contributed by atoms with Crippen LogP contribution < -0.4 is 4.74 Å². The highest BCUT2D eigenvalue weighted by molar-refractivity contribution is 8.00. The van der Waals surface area contributed by atoms with Crippen molar-refractivity contribution in [2.75, 3.05) is 6.61 Å². The van der Waals surface area contributed by atoms with Gasteiger partial charge in [0.05, 0.1) is 11.9 Å². The summed E-state index contributed by atoms with van der Waals surface area (Å²) in [6.07, 6.45) is 0. The Morgan fingerprint density at radius 3 is 2.44 bits per heavy atom. The van der Waals surface area contributed by atoms with Gasteiger partial charge in [0.2, 0.25) is 0 Å². The van der Waals surface area contributed by atoms with Crippen LogP contribution in [0.2, 0.25) is 5.02 Å². The number of ether oxygens (including phenoxy) is 1. The van der Waals surface area contributed by atoms with Gasteiger partial charge in [-0.15, -0.1) is 10.2 Å². The molecule has 0 amide bonds. The molecule has 0 aliphatic rings. The lowest BCUT2D eigenvalue weighted by molar-refractivity contribution is 0.0994. The minimum absolute atomic E-state index is 0.0408. The van der Waals surface area contributed by atoms with E-state index in [1.54, 1.807) is 12.1 Å². The predicted molar refractivity (Wildman–Crippen MR) is 109 cm³/mol. The summed E-state index contributed by atoms with van der Waals surface area (Å²) in [7, 11) is 1.89. The molecule has 0 saturated heterocycles. The molecule has 1 heterocycles. The average molecular weight is 402 g/mol. The number of aromatic nitrogens is 3. The molecule has 0 aliphatic heterocycles. The number of hydrogen-bond acceptors (Lipinski definition) is 5. The van der Waals surface area contributed by atoms with Crippen molar-refractivity contribution in [3.8, 4) is 17.1 Å². The molecule has 140 valence electrons. The molecule has 0 fully saturated rings. The third kappa shape index (κ3) is 4.51. The summed E-state index contributed by atoms with van der Waals surface area (Å²) in [6.45, 7) is 4.40. The van der Waals surface area contributed by atoms with Crippen LogP contribution in [-0.4, -0.2) is 32.4 Å². The van der Waals surface area contributed by atoms with Crippen LogP contribution in [0.15, 0.2) is 53.7 Å². The van der Waals surface area contributed by atoms with E-state index >= 15 is 0 Å². The van der Waals surface area contributed by atoms with Gasteiger partial charge in [-0.1, -0.05) is 23.4 Å². The van der Waals surface area contributed by atoms with Gasteiger partial charge in [0, 0.05) is 23.2 Å². The van der Waals surface area contributed by atoms with Crippen LogP contribution in [0.4, 0.5) is 0 Å². The van der Waals surface area contributed by atoms with Crippen molar-refractivity contribution in [1.82, 2.24) is 14.8 Å². The van der Waals surface area contributed by atoms with Gasteiger partial charge in [0.1, 0.15) is 5.75 Å². The molecule has 0 aliphatic carbocycles. The van der Waals surface area contributed by atoms with Gasteiger partial charge in [-0.2, -0.15) is 0 Å². The number of carbonyl (C=O) groups is 1. The smallest absolute Gasteiger partial charge is 0.191 e. The fourth-order valence-corrected chi connectivity index (χ4v) is 3.61. The Hall–Kier alpha value is -2.31. The molecule has 0 bridgehead atoms. The second-order valence-corrected chi connectivity index (χ2v) is 7.70. The number of thioether (sulfide) groups is 1. The van der Waals surface area contributed by atoms with E-state index in [2.05, 4.69) is 10.2 Å². The number of hydrogen-bond donors (Lipinski definition) is 0. The van der Waals surface area contributed by atoms with E-state index in [0.717, 1.165) is 17.1 Å². The highest BCUT2D eigenvalue weighted by atomic mass is 35.5. The predicted octanol–water partition coefficient (Wildman–Crippen LogP) is 4.90. The average Bonchev–Trinajstić information content (AvgIpc) is 3.03. The van der Waals surface area contributed by atoms with Crippen molar-refractivity contribution in [2.45, 2.75) is 24.3 Å². The topological polar surface area (TPSA) is 57.0 Å². The van der Waals surface area contributed by atoms with Crippen molar-refractivity contribution >= 4 is 29.1 Å². The quantitative estimate of drug-likeness (QED) is 0.416. The summed E-state index contributed by atoms with van der Waals surface area (Å²) in [4.78, 5) is 12.7. The number of ketones is 1. The van der Waals surface area contributed by atoms with Crippen LogP contribution >= 0.6 is 23.4 Å². The molecule has 3 rings (SSSR count). The van der Waals surface area contributed by atoms with E-state index < -0.39 is 0 Å². The van der Waals surface area contributed by atoms with Crippen molar-refractivity contribution < 1.29 is 9.53 Å². The summed E-state index contributed by atoms with van der Waals surface area (Å²) < 4.78 is 7.30. The van der Waals surface area contributed by atoms with E-state index in [4.69, 9.17) is 16.3 Å². The molecule has 2 aromatic carbocycles. The maximum absolute atomic E-state index is 12.7. The van der Waals surface area contributed by atoms with Gasteiger partial charge < -0.3 is 9.30 Å². The van der Waals surface area contributed by atoms with Crippen molar-refractivity contribution in [2.24, 2.45) is 7.05 Å². The largest absolute Gasteiger partial charge is 0.494 e. The Kier molecular flexibility index (Phi) is 6.19. The van der Waals surface area contributed by atoms with Crippen LogP contribution in [0.1, 0.15) is 24.2 Å². The lowest BCUT2D eigenvalue weighted by Gasteiger charge is -2.11. The summed E-state index contributed by atoms with van der Waals surface area (Å²) >= 11 is 7.33. The summed E-state index contributed by atoms with van der Waals surface area (Å²) in [5.41, 5.74) is 1.57. The fraction of sp³-hybridized carbons (Fsp3) is 0.250. The third-order valence-corrected chi connectivity index (χ3v) is 5.42. The molecule has 1 aromatic heterocycles. The first kappa shape index (κ1) is 19.5. The van der Waals surface area contributed by atoms with Gasteiger partial charge in [0.15, 0.2) is 16.8 Å². The van der Waals surface area contributed by atoms with Gasteiger partial charge in [0.25, 0.3) is 0 Å². The van der Waals surface area contributed by atoms with E-state index in [1.165, 1.54) is 11.8 Å². The standard InChI is InChI=1S/C20H20ClN3O2S/c1-4-26-17-11-7-14(8-12-17)18(25)13(2)27-20-23-22-19(24(20)3)15-5-9-16(21)10-6-15/h5-13H,4H2,1-3H3/t13-/m1/s1. The molecular formula is C20H20ClN3O2S. The van der Waals surface area contributed by atoms with Gasteiger partial charge >= 0.3 is 0 Å². The lowest BCUT2D eigenvalue weighted by atomic mass is 10.1. The van der Waals surface area contributed by atoms with Gasteiger partial charge in [-0.25, -0.2) is 0 Å². The molecule has 0 unspecified atom stereocenters. The van der Waals surface area contributed by atoms with Crippen molar-refractivity contribution in [3.63, 3.8) is 0 Å². The summed E-state index contributed by atoms with van der Waals surface area (Å²) in [6, 6.07) is 14.6. The fourth-order valence-electron chi connectivity index (χ4n) is 2.60. The molecule has 0 radical (unpaired) electrons. The van der Waals surface area contributed by atoms with Gasteiger partial charge in [-0.05, 0) is 62.4 Å². The van der Waals surface area contributed by atoms with Crippen LogP contribution in [0.5, 0.6) is 5.75 Å². The number of nitrogens with zero attached hydrogens (tertiary/aromatic N) is 3. The lowest BCUT2D eigenvalue weighted by Crippen LogP contribution is -2.14. The normalized spacial score (nSPS) is 12.0. The van der Waals surface area contributed by atoms with Crippen LogP contribution in [0.3, 0.4) is 0 Å². The van der Waals surface area contributed by atoms with Crippen LogP contribution in [0, 0.1) is 0 Å². The zero-order chi connectivity index (χ0) is 19.4. The second kappa shape index (κ2) is 8.59. The molecule has 5 nitrogen and oxygen atoms in total. The number of carbonyl (C=O) groups excluding carboxylic acids is 1. The molecule has 7 heteroatoms. The third-order valence-electron chi connectivity index (χ3n) is 4.04. The zero-order valence-electron chi connectivity index (χ0n) is 15.3. The second-order valence-electron chi connectivity index (χ2n) is 5.95. The number of Topliss-reactive ketones (excluding diaryl/α,β-unsaturated/α-hetero) is 1. The van der Waals surface area contributed by atoms with Gasteiger partial charge in [-0.3, -0.25) is 4.79 Å². The Morgan fingerprint density at radius 1 is 1.15 bits per heavy atom. The number of rotatable bonds is 7. The Bertz CT molecular complexity index is 923. The first-order valence-electron chi connectivity index (χ1n) is 8.58. The highest BCUT2D eigenvalue weighted by Gasteiger charge is 2.20. The minimum atomic E-state index is -0.288. The Labute approximate surface area is 167 Å². The minimum Gasteiger partial charge on any atom is -0.494 e. The molecular weight excluding hydrogens is 382 g/mol. The number of benzene rings is 2. The van der Waals surface area contributed by atoms with Crippen LogP contribution in [-0.2, 0) is 7.05 Å². The summed E-state index contributed by atoms with van der Waals surface area (Å²) in [5.74, 6) is 1.53. The monoisotopic (exact) mass is 401 g/mol.